The molecule has 0 fully saturated rings. The zero-order valence-corrected chi connectivity index (χ0v) is 20.0. The van der Waals surface area contributed by atoms with E-state index in [0.29, 0.717) is 31.1 Å². The largest absolute Gasteiger partial charge is 0.382 e. The minimum absolute atomic E-state index is 0.0270. The second-order valence-electron chi connectivity index (χ2n) is 7.85. The minimum atomic E-state index is -3.10. The number of sulfone groups is 1. The van der Waals surface area contributed by atoms with E-state index in [4.69, 9.17) is 20.2 Å². The van der Waals surface area contributed by atoms with Crippen molar-refractivity contribution < 1.29 is 17.9 Å². The predicted molar refractivity (Wildman–Crippen MR) is 122 cm³/mol. The Bertz CT molecular complexity index is 1170. The Morgan fingerprint density at radius 2 is 2.00 bits per heavy atom. The quantitative estimate of drug-likeness (QED) is 0.481. The number of nitrogens with zero attached hydrogens (tertiary/aromatic N) is 3. The molecule has 0 saturated carbocycles. The zero-order valence-electron chi connectivity index (χ0n) is 17.6. The van der Waals surface area contributed by atoms with Gasteiger partial charge < -0.3 is 19.8 Å². The molecule has 30 heavy (non-hydrogen) atoms. The number of benzene rings is 1. The molecular formula is C20H27BrN4O4S. The predicted octanol–water partition coefficient (Wildman–Crippen LogP) is 3.31. The lowest BCUT2D eigenvalue weighted by Crippen LogP contribution is -2.33. The van der Waals surface area contributed by atoms with Crippen LogP contribution in [0.3, 0.4) is 0 Å². The topological polar surface area (TPSA) is 109 Å². The van der Waals surface area contributed by atoms with Crippen LogP contribution in [-0.2, 0) is 32.5 Å². The first kappa shape index (κ1) is 22.9. The third-order valence-corrected chi connectivity index (χ3v) is 6.07. The van der Waals surface area contributed by atoms with Gasteiger partial charge in [0.25, 0.3) is 0 Å². The summed E-state index contributed by atoms with van der Waals surface area (Å²) < 4.78 is 37.4. The number of halogens is 1. The Morgan fingerprint density at radius 3 is 2.67 bits per heavy atom. The number of pyridine rings is 1. The third-order valence-electron chi connectivity index (χ3n) is 4.67. The first-order valence-electron chi connectivity index (χ1n) is 9.64. The van der Waals surface area contributed by atoms with E-state index >= 15 is 0 Å². The first-order chi connectivity index (χ1) is 14.0. The van der Waals surface area contributed by atoms with Gasteiger partial charge in [0, 0.05) is 22.7 Å². The fraction of sp³-hybridized carbons (Fsp3) is 0.500. The van der Waals surface area contributed by atoms with Crippen LogP contribution in [0.5, 0.6) is 0 Å². The molecule has 10 heteroatoms. The molecule has 2 heterocycles. The highest BCUT2D eigenvalue weighted by atomic mass is 79.9. The molecule has 0 aliphatic rings. The molecular weight excluding hydrogens is 472 g/mol. The summed E-state index contributed by atoms with van der Waals surface area (Å²) in [6, 6.07) is 5.85. The van der Waals surface area contributed by atoms with Crippen molar-refractivity contribution in [1.29, 1.82) is 0 Å². The Balaban J connectivity index is 2.09. The smallest absolute Gasteiger partial charge is 0.152 e. The number of anilines is 1. The molecule has 0 aliphatic carbocycles. The maximum atomic E-state index is 11.5. The van der Waals surface area contributed by atoms with Gasteiger partial charge in [-0.1, -0.05) is 15.9 Å². The summed E-state index contributed by atoms with van der Waals surface area (Å²) in [5.74, 6) is 1.04. The van der Waals surface area contributed by atoms with E-state index in [9.17, 15) is 8.42 Å². The molecule has 8 nitrogen and oxygen atoms in total. The number of aromatic nitrogens is 3. The van der Waals surface area contributed by atoms with Gasteiger partial charge >= 0.3 is 0 Å². The molecule has 2 aromatic heterocycles. The number of hydrogen-bond acceptors (Lipinski definition) is 7. The molecule has 0 atom stereocenters. The highest BCUT2D eigenvalue weighted by molar-refractivity contribution is 9.10. The van der Waals surface area contributed by atoms with Crippen molar-refractivity contribution in [2.45, 2.75) is 39.5 Å². The molecule has 2 N–H and O–H groups in total. The summed E-state index contributed by atoms with van der Waals surface area (Å²) in [6.07, 6.45) is 1.20. The molecule has 0 aliphatic heterocycles. The standard InChI is InChI=1S/C20H27BrN4O4S/c1-5-28-11-16-24-17-18(14-7-6-13(21)10-15(14)23-19(17)22)25(16)12-20(2,3)29-8-9-30(4,26)27/h6-7,10H,5,8-9,11-12H2,1-4H3,(H2,22,23). The molecule has 3 aromatic rings. The summed E-state index contributed by atoms with van der Waals surface area (Å²) in [5, 5.41) is 0.921. The van der Waals surface area contributed by atoms with Crippen molar-refractivity contribution >= 4 is 53.5 Å². The van der Waals surface area contributed by atoms with Crippen LogP contribution in [-0.4, -0.2) is 53.8 Å². The van der Waals surface area contributed by atoms with Gasteiger partial charge in [-0.15, -0.1) is 0 Å². The maximum Gasteiger partial charge on any atom is 0.152 e. The van der Waals surface area contributed by atoms with E-state index < -0.39 is 15.4 Å². The van der Waals surface area contributed by atoms with Gasteiger partial charge in [-0.2, -0.15) is 0 Å². The summed E-state index contributed by atoms with van der Waals surface area (Å²) in [7, 11) is -3.10. The van der Waals surface area contributed by atoms with E-state index in [2.05, 4.69) is 20.9 Å². The molecule has 0 unspecified atom stereocenters. The molecule has 3 rings (SSSR count). The number of hydrogen-bond donors (Lipinski definition) is 1. The number of rotatable bonds is 9. The Labute approximate surface area is 184 Å². The monoisotopic (exact) mass is 498 g/mol. The lowest BCUT2D eigenvalue weighted by molar-refractivity contribution is -0.0219. The van der Waals surface area contributed by atoms with Crippen LogP contribution in [0.4, 0.5) is 5.82 Å². The van der Waals surface area contributed by atoms with Crippen molar-refractivity contribution in [1.82, 2.24) is 14.5 Å². The molecule has 164 valence electrons. The number of nitrogens with two attached hydrogens (primary N) is 1. The number of fused-ring (bicyclic) bond motifs is 3. The van der Waals surface area contributed by atoms with Crippen molar-refractivity contribution in [3.63, 3.8) is 0 Å². The normalized spacial score (nSPS) is 12.8. The lowest BCUT2D eigenvalue weighted by Gasteiger charge is -2.27. The number of imidazole rings is 1. The van der Waals surface area contributed by atoms with Crippen LogP contribution in [0.25, 0.3) is 21.9 Å². The molecule has 0 saturated heterocycles. The lowest BCUT2D eigenvalue weighted by atomic mass is 10.1. The maximum absolute atomic E-state index is 11.5. The fourth-order valence-electron chi connectivity index (χ4n) is 3.30. The van der Waals surface area contributed by atoms with Crippen LogP contribution in [0.2, 0.25) is 0 Å². The fourth-order valence-corrected chi connectivity index (χ4v) is 4.04. The zero-order chi connectivity index (χ0) is 22.1. The van der Waals surface area contributed by atoms with Crippen molar-refractivity contribution in [2.24, 2.45) is 0 Å². The average molecular weight is 499 g/mol. The Kier molecular flexibility index (Phi) is 6.71. The van der Waals surface area contributed by atoms with E-state index in [0.717, 1.165) is 26.7 Å². The van der Waals surface area contributed by atoms with Gasteiger partial charge in [-0.25, -0.2) is 18.4 Å². The van der Waals surface area contributed by atoms with Crippen LogP contribution in [0.1, 0.15) is 26.6 Å². The van der Waals surface area contributed by atoms with Crippen LogP contribution < -0.4 is 5.73 Å². The van der Waals surface area contributed by atoms with Gasteiger partial charge in [-0.05, 0) is 39.0 Å². The summed E-state index contributed by atoms with van der Waals surface area (Å²) in [5.41, 5.74) is 7.83. The van der Waals surface area contributed by atoms with Gasteiger partial charge in [0.2, 0.25) is 0 Å². The Morgan fingerprint density at radius 1 is 1.27 bits per heavy atom. The van der Waals surface area contributed by atoms with E-state index in [1.165, 1.54) is 6.26 Å². The van der Waals surface area contributed by atoms with Crippen LogP contribution >= 0.6 is 15.9 Å². The SMILES string of the molecule is CCOCc1nc2c(N)nc3cc(Br)ccc3c2n1CC(C)(C)OCCS(C)(=O)=O. The van der Waals surface area contributed by atoms with Gasteiger partial charge in [0.15, 0.2) is 5.82 Å². The van der Waals surface area contributed by atoms with Gasteiger partial charge in [-0.3, -0.25) is 0 Å². The van der Waals surface area contributed by atoms with Gasteiger partial charge in [0.05, 0.1) is 35.5 Å². The summed E-state index contributed by atoms with van der Waals surface area (Å²) in [4.78, 5) is 9.22. The summed E-state index contributed by atoms with van der Waals surface area (Å²) in [6.45, 7) is 7.22. The third kappa shape index (κ3) is 5.29. The van der Waals surface area contributed by atoms with Crippen molar-refractivity contribution in [3.05, 3.63) is 28.5 Å². The molecule has 0 bridgehead atoms. The second kappa shape index (κ2) is 8.78. The average Bonchev–Trinajstić information content (AvgIpc) is 2.97. The van der Waals surface area contributed by atoms with Gasteiger partial charge in [0.1, 0.15) is 27.8 Å². The summed E-state index contributed by atoms with van der Waals surface area (Å²) >= 11 is 3.48. The van der Waals surface area contributed by atoms with Crippen molar-refractivity contribution in [2.75, 3.05) is 31.0 Å². The molecule has 0 amide bonds. The van der Waals surface area contributed by atoms with Crippen LogP contribution in [0.15, 0.2) is 22.7 Å². The van der Waals surface area contributed by atoms with E-state index in [1.807, 2.05) is 43.5 Å². The van der Waals surface area contributed by atoms with Crippen molar-refractivity contribution in [3.8, 4) is 0 Å². The molecule has 0 radical (unpaired) electrons. The molecule has 1 aromatic carbocycles. The number of nitrogen functional groups attached to an aromatic ring is 1. The van der Waals surface area contributed by atoms with E-state index in [1.54, 1.807) is 0 Å². The molecule has 0 spiro atoms. The second-order valence-corrected chi connectivity index (χ2v) is 11.0. The van der Waals surface area contributed by atoms with Crippen LogP contribution in [0, 0.1) is 0 Å². The number of ether oxygens (including phenoxy) is 2. The van der Waals surface area contributed by atoms with E-state index in [-0.39, 0.29) is 12.4 Å². The Hall–Kier alpha value is -1.75. The highest BCUT2D eigenvalue weighted by Gasteiger charge is 2.25. The highest BCUT2D eigenvalue weighted by Crippen LogP contribution is 2.32. The minimum Gasteiger partial charge on any atom is -0.382 e. The first-order valence-corrected chi connectivity index (χ1v) is 12.5.